The summed E-state index contributed by atoms with van der Waals surface area (Å²) in [6.07, 6.45) is 6.31. The number of aryl methyl sites for hydroxylation is 1. The molecule has 2 unspecified atom stereocenters. The number of nitro benzene ring substituents is 1. The maximum Gasteiger partial charge on any atom is 0.315 e. The molecular weight excluding hydrogens is 448 g/mol. The lowest BCUT2D eigenvalue weighted by Crippen LogP contribution is -2.38. The Balaban J connectivity index is 1.73. The second-order valence-corrected chi connectivity index (χ2v) is 9.18. The van der Waals surface area contributed by atoms with Crippen molar-refractivity contribution in [3.05, 3.63) is 68.1 Å². The van der Waals surface area contributed by atoms with Crippen LogP contribution in [0.25, 0.3) is 0 Å². The summed E-state index contributed by atoms with van der Waals surface area (Å²) >= 11 is 0. The molecule has 3 heterocycles. The first-order chi connectivity index (χ1) is 16.9. The molecule has 0 N–H and O–H groups in total. The second-order valence-electron chi connectivity index (χ2n) is 9.18. The zero-order valence-corrected chi connectivity index (χ0v) is 20.3. The Morgan fingerprint density at radius 2 is 1.97 bits per heavy atom. The van der Waals surface area contributed by atoms with Gasteiger partial charge in [0.05, 0.1) is 22.8 Å². The number of piperidine rings is 1. The van der Waals surface area contributed by atoms with Gasteiger partial charge in [-0.15, -0.1) is 0 Å². The Bertz CT molecular complexity index is 1180. The number of aliphatic imine (C=N–C) groups is 1. The third kappa shape index (κ3) is 5.35. The van der Waals surface area contributed by atoms with Gasteiger partial charge in [-0.05, 0) is 64.4 Å². The molecule has 0 saturated carbocycles. The first-order valence-corrected chi connectivity index (χ1v) is 12.3. The molecule has 0 aliphatic carbocycles. The Hall–Kier alpha value is -3.33. The van der Waals surface area contributed by atoms with Crippen LogP contribution in [0.4, 0.5) is 11.4 Å². The van der Waals surface area contributed by atoms with Gasteiger partial charge < -0.3 is 14.2 Å². The molecule has 1 saturated heterocycles. The van der Waals surface area contributed by atoms with Gasteiger partial charge >= 0.3 is 5.97 Å². The minimum atomic E-state index is -0.832. The fraction of sp³-hybridized carbons (Fsp3) is 0.500. The molecule has 2 aliphatic heterocycles. The van der Waals surface area contributed by atoms with Crippen LogP contribution in [-0.4, -0.2) is 52.3 Å². The molecule has 2 atom stereocenters. The quantitative estimate of drug-likeness (QED) is 0.321. The summed E-state index contributed by atoms with van der Waals surface area (Å²) in [6, 6.07) is 7.94. The van der Waals surface area contributed by atoms with Gasteiger partial charge in [0.15, 0.2) is 0 Å². The van der Waals surface area contributed by atoms with E-state index in [-0.39, 0.29) is 17.9 Å². The number of likely N-dealkylation sites (tertiary alicyclic amines) is 1. The molecule has 2 aliphatic rings. The van der Waals surface area contributed by atoms with Crippen LogP contribution in [0, 0.1) is 16.0 Å². The number of rotatable bonds is 8. The van der Waals surface area contributed by atoms with Gasteiger partial charge in [0, 0.05) is 36.5 Å². The molecule has 35 heavy (non-hydrogen) atoms. The normalized spacial score (nSPS) is 20.1. The Morgan fingerprint density at radius 3 is 2.69 bits per heavy atom. The zero-order chi connectivity index (χ0) is 24.9. The Morgan fingerprint density at radius 1 is 1.20 bits per heavy atom. The van der Waals surface area contributed by atoms with Crippen molar-refractivity contribution in [1.82, 2.24) is 9.47 Å². The molecule has 0 amide bonds. The minimum absolute atomic E-state index is 0.0930. The highest BCUT2D eigenvalue weighted by molar-refractivity contribution is 6.05. The number of non-ortho nitro benzene ring substituents is 1. The van der Waals surface area contributed by atoms with E-state index in [9.17, 15) is 19.7 Å². The molecule has 0 spiro atoms. The monoisotopic (exact) mass is 480 g/mol. The third-order valence-corrected chi connectivity index (χ3v) is 6.87. The molecule has 2 aromatic rings. The number of aromatic nitrogens is 1. The van der Waals surface area contributed by atoms with Crippen LogP contribution in [0.2, 0.25) is 0 Å². The summed E-state index contributed by atoms with van der Waals surface area (Å²) in [5, 5.41) is 11.5. The number of nitro groups is 1. The highest BCUT2D eigenvalue weighted by atomic mass is 16.6. The van der Waals surface area contributed by atoms with Gasteiger partial charge in [-0.2, -0.15) is 0 Å². The number of carbonyl (C=O) groups excluding carboxylic acids is 1. The lowest BCUT2D eigenvalue weighted by molar-refractivity contribution is -0.384. The number of carbonyl (C=O) groups is 1. The number of ether oxygens (including phenoxy) is 1. The van der Waals surface area contributed by atoms with Crippen molar-refractivity contribution in [3.63, 3.8) is 0 Å². The molecule has 0 bridgehead atoms. The highest BCUT2D eigenvalue weighted by Crippen LogP contribution is 2.41. The average molecular weight is 481 g/mol. The molecule has 1 fully saturated rings. The second kappa shape index (κ2) is 10.9. The minimum Gasteiger partial charge on any atom is -0.465 e. The largest absolute Gasteiger partial charge is 0.465 e. The number of esters is 1. The van der Waals surface area contributed by atoms with Gasteiger partial charge in [-0.1, -0.05) is 18.6 Å². The molecular formula is C26H32N4O5. The predicted molar refractivity (Wildman–Crippen MR) is 133 cm³/mol. The van der Waals surface area contributed by atoms with Gasteiger partial charge in [-0.3, -0.25) is 24.7 Å². The van der Waals surface area contributed by atoms with E-state index in [2.05, 4.69) is 9.89 Å². The average Bonchev–Trinajstić information content (AvgIpc) is 2.85. The predicted octanol–water partition coefficient (Wildman–Crippen LogP) is 4.05. The number of hydrogen-bond acceptors (Lipinski definition) is 7. The van der Waals surface area contributed by atoms with Crippen LogP contribution >= 0.6 is 0 Å². The molecule has 9 heteroatoms. The molecule has 4 rings (SSSR count). The lowest BCUT2D eigenvalue weighted by atomic mass is 9.76. The van der Waals surface area contributed by atoms with Gasteiger partial charge in [0.25, 0.3) is 11.2 Å². The molecule has 186 valence electrons. The standard InChI is InChI=1S/C26H32N4O5/c1-3-35-26(32)22-18(2)27-21-11-16-29(15-8-14-28-12-5-4-6-13-28)25(31)24(21)23(22)19-9-7-10-20(17-19)30(33)34/h7,9-11,16-17,22-23H,3-6,8,12-15H2,1-2H3. The number of nitrogens with zero attached hydrogens (tertiary/aromatic N) is 4. The summed E-state index contributed by atoms with van der Waals surface area (Å²) in [5.74, 6) is -2.04. The van der Waals surface area contributed by atoms with Crippen molar-refractivity contribution < 1.29 is 14.5 Å². The number of hydrogen-bond donors (Lipinski definition) is 0. The van der Waals surface area contributed by atoms with Crippen LogP contribution in [-0.2, 0) is 16.1 Å². The van der Waals surface area contributed by atoms with Crippen LogP contribution in [0.15, 0.2) is 46.3 Å². The topological polar surface area (TPSA) is 107 Å². The summed E-state index contributed by atoms with van der Waals surface area (Å²) in [4.78, 5) is 44.7. The van der Waals surface area contributed by atoms with E-state index >= 15 is 0 Å². The smallest absolute Gasteiger partial charge is 0.315 e. The maximum atomic E-state index is 13.7. The van der Waals surface area contributed by atoms with Crippen LogP contribution in [0.5, 0.6) is 0 Å². The van der Waals surface area contributed by atoms with E-state index in [1.165, 1.54) is 31.4 Å². The van der Waals surface area contributed by atoms with Gasteiger partial charge in [-0.25, -0.2) is 0 Å². The van der Waals surface area contributed by atoms with E-state index in [1.54, 1.807) is 42.8 Å². The lowest BCUT2D eigenvalue weighted by Gasteiger charge is -2.31. The first-order valence-electron chi connectivity index (χ1n) is 12.3. The fourth-order valence-corrected chi connectivity index (χ4v) is 5.19. The molecule has 9 nitrogen and oxygen atoms in total. The number of benzene rings is 1. The van der Waals surface area contributed by atoms with Gasteiger partial charge in [0.2, 0.25) is 0 Å². The summed E-state index contributed by atoms with van der Waals surface area (Å²) in [6.45, 7) is 7.33. The van der Waals surface area contributed by atoms with Crippen molar-refractivity contribution in [3.8, 4) is 0 Å². The van der Waals surface area contributed by atoms with Crippen molar-refractivity contribution >= 4 is 23.1 Å². The first kappa shape index (κ1) is 24.8. The number of pyridine rings is 1. The highest BCUT2D eigenvalue weighted by Gasteiger charge is 2.41. The molecule has 0 radical (unpaired) electrons. The Kier molecular flexibility index (Phi) is 7.75. The summed E-state index contributed by atoms with van der Waals surface area (Å²) < 4.78 is 7.00. The number of fused-ring (bicyclic) bond motifs is 1. The van der Waals surface area contributed by atoms with E-state index in [0.29, 0.717) is 29.1 Å². The zero-order valence-electron chi connectivity index (χ0n) is 20.3. The Labute approximate surface area is 204 Å². The van der Waals surface area contributed by atoms with Crippen LogP contribution < -0.4 is 5.56 Å². The van der Waals surface area contributed by atoms with E-state index in [1.807, 2.05) is 0 Å². The van der Waals surface area contributed by atoms with Crippen molar-refractivity contribution in [2.45, 2.75) is 52.0 Å². The summed E-state index contributed by atoms with van der Waals surface area (Å²) in [7, 11) is 0. The third-order valence-electron chi connectivity index (χ3n) is 6.87. The van der Waals surface area contributed by atoms with E-state index in [0.717, 1.165) is 26.1 Å². The SMILES string of the molecule is CCOC(=O)C1C(C)=Nc2ccn(CCCN3CCCCC3)c(=O)c2C1c1cccc([N+](=O)[O-])c1. The van der Waals surface area contributed by atoms with Crippen LogP contribution in [0.3, 0.4) is 0 Å². The van der Waals surface area contributed by atoms with E-state index in [4.69, 9.17) is 4.74 Å². The van der Waals surface area contributed by atoms with Crippen molar-refractivity contribution in [2.75, 3.05) is 26.2 Å². The van der Waals surface area contributed by atoms with Gasteiger partial charge in [0.1, 0.15) is 5.92 Å². The van der Waals surface area contributed by atoms with Crippen molar-refractivity contribution in [1.29, 1.82) is 0 Å². The molecule has 1 aromatic heterocycles. The van der Waals surface area contributed by atoms with Crippen molar-refractivity contribution in [2.24, 2.45) is 10.9 Å². The summed E-state index contributed by atoms with van der Waals surface area (Å²) in [5.41, 5.74) is 1.62. The fourth-order valence-electron chi connectivity index (χ4n) is 5.19. The molecule has 1 aromatic carbocycles. The van der Waals surface area contributed by atoms with E-state index < -0.39 is 22.7 Å². The van der Waals surface area contributed by atoms with Crippen LogP contribution in [0.1, 0.15) is 56.6 Å². The maximum absolute atomic E-state index is 13.7.